The number of ether oxygens (including phenoxy) is 2. The summed E-state index contributed by atoms with van der Waals surface area (Å²) in [5.74, 6) is -1.14. The number of carbonyl (C=O) groups excluding carboxylic acids is 1. The second kappa shape index (κ2) is 11.1. The number of benzene rings is 2. The average Bonchev–Trinajstić information content (AvgIpc) is 2.91. The third-order valence-electron chi connectivity index (χ3n) is 6.71. The van der Waals surface area contributed by atoms with Crippen LogP contribution in [-0.2, 0) is 6.42 Å². The van der Waals surface area contributed by atoms with E-state index in [4.69, 9.17) is 21.1 Å². The number of pyridine rings is 3. The van der Waals surface area contributed by atoms with Gasteiger partial charge in [0.05, 0.1) is 18.2 Å². The number of nitrogens with one attached hydrogen (secondary N) is 1. The molecule has 3 aromatic heterocycles. The molecule has 0 radical (unpaired) electrons. The van der Waals surface area contributed by atoms with Gasteiger partial charge in [0.25, 0.3) is 0 Å². The Bertz CT molecular complexity index is 1910. The van der Waals surface area contributed by atoms with Crippen molar-refractivity contribution in [3.05, 3.63) is 110 Å². The lowest BCUT2D eigenvalue weighted by Crippen LogP contribution is -2.23. The van der Waals surface area contributed by atoms with Gasteiger partial charge in [0.15, 0.2) is 34.0 Å². The molecule has 0 fully saturated rings. The van der Waals surface area contributed by atoms with E-state index in [1.165, 1.54) is 49.7 Å². The number of hydrogen-bond donors (Lipinski definition) is 1. The van der Waals surface area contributed by atoms with Gasteiger partial charge in [-0.15, -0.1) is 0 Å². The number of aromatic amines is 1. The van der Waals surface area contributed by atoms with E-state index in [0.29, 0.717) is 50.4 Å². The molecular weight excluding hydrogens is 552 g/mol. The lowest BCUT2D eigenvalue weighted by molar-refractivity contribution is 0.0991. The van der Waals surface area contributed by atoms with Crippen LogP contribution in [0.4, 0.5) is 8.78 Å². The number of rotatable bonds is 7. The number of fused-ring (bicyclic) bond motifs is 1. The van der Waals surface area contributed by atoms with E-state index in [9.17, 15) is 14.0 Å². The Kier molecular flexibility index (Phi) is 7.55. The van der Waals surface area contributed by atoms with Crippen LogP contribution in [0.3, 0.4) is 0 Å². The summed E-state index contributed by atoms with van der Waals surface area (Å²) in [6, 6.07) is 11.4. The molecule has 0 amide bonds. The summed E-state index contributed by atoms with van der Waals surface area (Å²) < 4.78 is 39.8. The van der Waals surface area contributed by atoms with Gasteiger partial charge in [-0.1, -0.05) is 23.7 Å². The zero-order valence-corrected chi connectivity index (χ0v) is 23.3. The van der Waals surface area contributed by atoms with Gasteiger partial charge in [-0.3, -0.25) is 14.6 Å². The molecular formula is C31H24ClF2N3O4. The van der Waals surface area contributed by atoms with Crippen LogP contribution in [0.1, 0.15) is 32.9 Å². The molecule has 1 N–H and O–H groups in total. The molecule has 0 spiro atoms. The molecule has 41 heavy (non-hydrogen) atoms. The third kappa shape index (κ3) is 5.40. The van der Waals surface area contributed by atoms with Crippen molar-refractivity contribution >= 4 is 28.4 Å². The molecule has 10 heteroatoms. The van der Waals surface area contributed by atoms with Gasteiger partial charge in [0.1, 0.15) is 11.3 Å². The lowest BCUT2D eigenvalue weighted by atomic mass is 9.93. The van der Waals surface area contributed by atoms with Gasteiger partial charge in [-0.2, -0.15) is 0 Å². The van der Waals surface area contributed by atoms with Crippen LogP contribution in [0, 0.1) is 32.4 Å². The summed E-state index contributed by atoms with van der Waals surface area (Å²) >= 11 is 6.15. The van der Waals surface area contributed by atoms with Crippen molar-refractivity contribution in [2.45, 2.75) is 27.2 Å². The third-order valence-corrected chi connectivity index (χ3v) is 6.98. The van der Waals surface area contributed by atoms with Crippen molar-refractivity contribution in [3.63, 3.8) is 0 Å². The largest absolute Gasteiger partial charge is 0.493 e. The molecule has 0 bridgehead atoms. The number of aromatic nitrogens is 3. The summed E-state index contributed by atoms with van der Waals surface area (Å²) in [4.78, 5) is 38.4. The van der Waals surface area contributed by atoms with Crippen molar-refractivity contribution in [2.24, 2.45) is 0 Å². The number of methoxy groups -OCH3 is 1. The van der Waals surface area contributed by atoms with E-state index >= 15 is 4.39 Å². The van der Waals surface area contributed by atoms with E-state index in [1.807, 2.05) is 0 Å². The normalized spacial score (nSPS) is 11.1. The van der Waals surface area contributed by atoms with E-state index < -0.39 is 22.8 Å². The topological polar surface area (TPSA) is 94.2 Å². The van der Waals surface area contributed by atoms with Crippen molar-refractivity contribution < 1.29 is 23.0 Å². The molecule has 208 valence electrons. The van der Waals surface area contributed by atoms with Crippen molar-refractivity contribution in [1.29, 1.82) is 0 Å². The predicted molar refractivity (Wildman–Crippen MR) is 152 cm³/mol. The van der Waals surface area contributed by atoms with Crippen LogP contribution < -0.4 is 14.9 Å². The van der Waals surface area contributed by atoms with Crippen molar-refractivity contribution in [1.82, 2.24) is 15.0 Å². The highest BCUT2D eigenvalue weighted by atomic mass is 35.5. The fourth-order valence-corrected chi connectivity index (χ4v) is 5.02. The SMILES string of the molecule is COc1cc2nccc(Oc3ccc(CC(=O)c4c(C)[nH]c(C)c(-c5ccc(F)cc5C)c4=O)cc3F)c2nc1Cl. The minimum Gasteiger partial charge on any atom is -0.493 e. The fraction of sp³-hybridized carbons (Fsp3) is 0.161. The Morgan fingerprint density at radius 2 is 1.76 bits per heavy atom. The summed E-state index contributed by atoms with van der Waals surface area (Å²) in [6.45, 7) is 5.05. The number of halogens is 3. The molecule has 0 saturated heterocycles. The zero-order valence-electron chi connectivity index (χ0n) is 22.6. The van der Waals surface area contributed by atoms with E-state index in [-0.39, 0.29) is 28.6 Å². The van der Waals surface area contributed by atoms with Crippen LogP contribution in [0.25, 0.3) is 22.2 Å². The zero-order chi connectivity index (χ0) is 29.4. The summed E-state index contributed by atoms with van der Waals surface area (Å²) in [7, 11) is 1.46. The van der Waals surface area contributed by atoms with Crippen LogP contribution >= 0.6 is 11.6 Å². The number of carbonyl (C=O) groups is 1. The maximum atomic E-state index is 15.1. The minimum atomic E-state index is -0.711. The van der Waals surface area contributed by atoms with Gasteiger partial charge in [0, 0.05) is 41.7 Å². The molecule has 0 atom stereocenters. The van der Waals surface area contributed by atoms with E-state index in [1.54, 1.807) is 32.9 Å². The van der Waals surface area contributed by atoms with Crippen LogP contribution in [0.2, 0.25) is 5.15 Å². The highest BCUT2D eigenvalue weighted by Gasteiger charge is 2.22. The number of aryl methyl sites for hydroxylation is 3. The Morgan fingerprint density at radius 1 is 0.976 bits per heavy atom. The fourth-order valence-electron chi connectivity index (χ4n) is 4.80. The predicted octanol–water partition coefficient (Wildman–Crippen LogP) is 7.07. The van der Waals surface area contributed by atoms with E-state index in [0.717, 1.165) is 0 Å². The number of nitrogens with zero attached hydrogens (tertiary/aromatic N) is 2. The standard InChI is InChI=1S/C31H24ClF2N3O4/c1-15-11-19(33)6-7-20(15)27-16(2)36-17(3)28(30(27)39)23(38)13-18-5-8-24(21(34)12-18)41-25-9-10-35-22-14-26(40-4)31(32)37-29(22)25/h5-12,14H,13H2,1-4H3,(H,36,39). The molecule has 0 aliphatic rings. The Labute approximate surface area is 238 Å². The molecule has 3 heterocycles. The first-order valence-corrected chi connectivity index (χ1v) is 12.9. The Morgan fingerprint density at radius 3 is 2.46 bits per heavy atom. The summed E-state index contributed by atoms with van der Waals surface area (Å²) in [5, 5.41) is 0.103. The quantitative estimate of drug-likeness (QED) is 0.165. The lowest BCUT2D eigenvalue weighted by Gasteiger charge is -2.14. The van der Waals surface area contributed by atoms with Crippen LogP contribution in [0.5, 0.6) is 17.2 Å². The Hall–Kier alpha value is -4.63. The first kappa shape index (κ1) is 27.9. The second-order valence-corrected chi connectivity index (χ2v) is 9.90. The molecule has 5 aromatic rings. The summed E-state index contributed by atoms with van der Waals surface area (Å²) in [6.07, 6.45) is 1.27. The molecule has 0 saturated carbocycles. The molecule has 0 unspecified atom stereocenters. The number of ketones is 1. The van der Waals surface area contributed by atoms with Crippen molar-refractivity contribution in [2.75, 3.05) is 7.11 Å². The maximum Gasteiger partial charge on any atom is 0.200 e. The van der Waals surface area contributed by atoms with Gasteiger partial charge in [-0.25, -0.2) is 13.8 Å². The molecule has 7 nitrogen and oxygen atoms in total. The molecule has 5 rings (SSSR count). The van der Waals surface area contributed by atoms with Gasteiger partial charge in [0.2, 0.25) is 5.43 Å². The highest BCUT2D eigenvalue weighted by molar-refractivity contribution is 6.31. The number of Topliss-reactive ketones (excluding diaryl/α,β-unsaturated/α-hetero) is 1. The molecule has 0 aliphatic carbocycles. The second-order valence-electron chi connectivity index (χ2n) is 9.54. The number of hydrogen-bond acceptors (Lipinski definition) is 6. The summed E-state index contributed by atoms with van der Waals surface area (Å²) in [5.41, 5.74) is 2.97. The van der Waals surface area contributed by atoms with Crippen LogP contribution in [-0.4, -0.2) is 27.8 Å². The van der Waals surface area contributed by atoms with Crippen molar-refractivity contribution in [3.8, 4) is 28.4 Å². The molecule has 2 aromatic carbocycles. The monoisotopic (exact) mass is 575 g/mol. The first-order chi connectivity index (χ1) is 19.6. The van der Waals surface area contributed by atoms with Gasteiger partial charge in [-0.05, 0) is 61.7 Å². The van der Waals surface area contributed by atoms with E-state index in [2.05, 4.69) is 15.0 Å². The number of H-pyrrole nitrogens is 1. The first-order valence-electron chi connectivity index (χ1n) is 12.6. The molecule has 0 aliphatic heterocycles. The van der Waals surface area contributed by atoms with Gasteiger partial charge < -0.3 is 14.5 Å². The van der Waals surface area contributed by atoms with Gasteiger partial charge >= 0.3 is 0 Å². The average molecular weight is 576 g/mol. The van der Waals surface area contributed by atoms with Crippen LogP contribution in [0.15, 0.2) is 59.5 Å². The smallest absolute Gasteiger partial charge is 0.200 e. The highest BCUT2D eigenvalue weighted by Crippen LogP contribution is 2.34. The minimum absolute atomic E-state index is 0.0308. The Balaban J connectivity index is 1.43. The maximum absolute atomic E-state index is 15.1.